The Balaban J connectivity index is 0. The molecule has 290 valence electrons. The number of fused-ring (bicyclic) bond motifs is 1. The average molecular weight is 731 g/mol. The van der Waals surface area contributed by atoms with Crippen molar-refractivity contribution < 1.29 is 0 Å². The van der Waals surface area contributed by atoms with E-state index in [1.54, 1.807) is 17.1 Å². The van der Waals surface area contributed by atoms with Crippen LogP contribution in [0.4, 0.5) is 0 Å². The summed E-state index contributed by atoms with van der Waals surface area (Å²) in [5, 5.41) is 9.78. The largest absolute Gasteiger partial charge is 0.327 e. The highest BCUT2D eigenvalue weighted by molar-refractivity contribution is 5.78. The number of hydrogen-bond donors (Lipinski definition) is 1. The van der Waals surface area contributed by atoms with Crippen molar-refractivity contribution in [1.29, 1.82) is 0 Å². The van der Waals surface area contributed by atoms with Crippen LogP contribution in [0, 0.1) is 34.6 Å². The summed E-state index contributed by atoms with van der Waals surface area (Å²) in [5.41, 5.74) is 14.2. The van der Waals surface area contributed by atoms with Gasteiger partial charge in [-0.15, -0.1) is 0 Å². The van der Waals surface area contributed by atoms with Crippen molar-refractivity contribution in [2.45, 2.75) is 98.4 Å². The minimum atomic E-state index is -0.0370. The molecule has 7 nitrogen and oxygen atoms in total. The van der Waals surface area contributed by atoms with Crippen LogP contribution in [0.1, 0.15) is 92.2 Å². The zero-order valence-electron chi connectivity index (χ0n) is 31.0. The molecule has 7 heteroatoms. The van der Waals surface area contributed by atoms with Gasteiger partial charge >= 0.3 is 0 Å². The average Bonchev–Trinajstić information content (AvgIpc) is 3.57. The summed E-state index contributed by atoms with van der Waals surface area (Å²) < 4.78 is 0. The first-order valence-electron chi connectivity index (χ1n) is 16.7. The lowest BCUT2D eigenvalue weighted by Crippen LogP contribution is -2.02. The Kier molecular flexibility index (Phi) is 23.6. The van der Waals surface area contributed by atoms with E-state index in [1.165, 1.54) is 44.9 Å². The lowest BCUT2D eigenvalue weighted by atomic mass is 10.0. The maximum absolute atomic E-state index is 10.4. The number of rotatable bonds is 2. The number of aryl methyl sites for hydroxylation is 5. The highest BCUT2D eigenvalue weighted by atomic mass is 16.1. The number of nitrogens with one attached hydrogen (secondary N) is 1. The molecule has 7 rings (SSSR count). The van der Waals surface area contributed by atoms with E-state index in [9.17, 15) is 4.79 Å². The van der Waals surface area contributed by atoms with Gasteiger partial charge in [0.25, 0.3) is 0 Å². The van der Waals surface area contributed by atoms with Crippen molar-refractivity contribution in [2.75, 3.05) is 0 Å². The van der Waals surface area contributed by atoms with Gasteiger partial charge in [-0.1, -0.05) is 108 Å². The first-order valence-corrected chi connectivity index (χ1v) is 16.7. The van der Waals surface area contributed by atoms with Gasteiger partial charge in [-0.3, -0.25) is 14.8 Å². The molecule has 6 aromatic rings. The fourth-order valence-corrected chi connectivity index (χ4v) is 5.14. The van der Waals surface area contributed by atoms with Gasteiger partial charge in [-0.2, -0.15) is 15.0 Å². The van der Waals surface area contributed by atoms with Crippen LogP contribution < -0.4 is 5.56 Å². The quantitative estimate of drug-likeness (QED) is 0.192. The normalized spacial score (nSPS) is 10.8. The predicted octanol–water partition coefficient (Wildman–Crippen LogP) is 12.7. The Morgan fingerprint density at radius 3 is 1.74 bits per heavy atom. The zero-order chi connectivity index (χ0) is 36.6. The number of benzene rings is 2. The van der Waals surface area contributed by atoms with Crippen molar-refractivity contribution in [3.8, 4) is 5.69 Å². The van der Waals surface area contributed by atoms with Gasteiger partial charge in [0.2, 0.25) is 5.56 Å². The van der Waals surface area contributed by atoms with Gasteiger partial charge in [0.1, 0.15) is 0 Å². The SMILES string of the molecule is C.C.C.C.C=C(C)C1=C(C)CC(C)=C1C.Cc1ccc2ccccc2n1.Cc1cccc(=O)[nH]1.Cc1cccnc1.Cc1nn(-c2ccccc2)nc1C. The van der Waals surface area contributed by atoms with E-state index >= 15 is 0 Å². The number of H-pyrrole nitrogens is 1. The van der Waals surface area contributed by atoms with Gasteiger partial charge in [-0.05, 0) is 122 Å². The minimum absolute atomic E-state index is 0. The maximum Gasteiger partial charge on any atom is 0.248 e. The standard InChI is InChI=1S/C11H16.C10H11N3.C10H9N.C6H7NO.C6H7N.4CH4/c1-7(2)11-9(4)6-8(3)10(11)5;1-8-9(2)12-13(11-8)10-6-4-3-5-7-10;1-8-6-7-9-4-2-3-5-10(9)11-8;1-5-3-2-4-6(8)7-5;1-6-3-2-4-7-5-6;;;;/h1,6H2,2-5H3;3-7H,1-2H3;2-7H,1H3;2-4H,1H3,(H,7,8);2-5H,1H3;4*1H4. The summed E-state index contributed by atoms with van der Waals surface area (Å²) in [5.74, 6) is 0. The van der Waals surface area contributed by atoms with Crippen LogP contribution in [-0.2, 0) is 0 Å². The van der Waals surface area contributed by atoms with Crippen molar-refractivity contribution in [1.82, 2.24) is 29.9 Å². The summed E-state index contributed by atoms with van der Waals surface area (Å²) in [6.07, 6.45) is 4.75. The molecule has 0 saturated carbocycles. The molecule has 0 amide bonds. The number of hydrogen-bond acceptors (Lipinski definition) is 5. The van der Waals surface area contributed by atoms with Gasteiger partial charge in [0, 0.05) is 35.2 Å². The molecular formula is C47H66N6O. The molecule has 4 aromatic heterocycles. The summed E-state index contributed by atoms with van der Waals surface area (Å²) >= 11 is 0. The Hall–Kier alpha value is -5.69. The number of allylic oxidation sites excluding steroid dienone is 5. The Morgan fingerprint density at radius 1 is 0.685 bits per heavy atom. The van der Waals surface area contributed by atoms with E-state index in [0.29, 0.717) is 0 Å². The summed E-state index contributed by atoms with van der Waals surface area (Å²) in [6, 6.07) is 31.2. The highest BCUT2D eigenvalue weighted by Crippen LogP contribution is 2.34. The Labute approximate surface area is 326 Å². The molecular weight excluding hydrogens is 665 g/mol. The second-order valence-electron chi connectivity index (χ2n) is 12.4. The van der Waals surface area contributed by atoms with Crippen LogP contribution in [0.5, 0.6) is 0 Å². The van der Waals surface area contributed by atoms with Crippen molar-refractivity contribution in [3.63, 3.8) is 0 Å². The third kappa shape index (κ3) is 16.3. The third-order valence-electron chi connectivity index (χ3n) is 7.86. The summed E-state index contributed by atoms with van der Waals surface area (Å²) in [4.78, 5) is 23.0. The van der Waals surface area contributed by atoms with Crippen molar-refractivity contribution >= 4 is 10.9 Å². The van der Waals surface area contributed by atoms with Gasteiger partial charge in [0.15, 0.2) is 0 Å². The topological polar surface area (TPSA) is 89.4 Å². The van der Waals surface area contributed by atoms with Crippen LogP contribution in [0.2, 0.25) is 0 Å². The van der Waals surface area contributed by atoms with Crippen LogP contribution in [-0.4, -0.2) is 29.9 Å². The highest BCUT2D eigenvalue weighted by Gasteiger charge is 2.15. The van der Waals surface area contributed by atoms with Crippen LogP contribution in [0.3, 0.4) is 0 Å². The molecule has 0 atom stereocenters. The molecule has 0 unspecified atom stereocenters. The molecule has 2 aromatic carbocycles. The molecule has 54 heavy (non-hydrogen) atoms. The summed E-state index contributed by atoms with van der Waals surface area (Å²) in [7, 11) is 0. The lowest BCUT2D eigenvalue weighted by molar-refractivity contribution is 0.741. The molecule has 0 spiro atoms. The number of aromatic amines is 1. The van der Waals surface area contributed by atoms with E-state index in [4.69, 9.17) is 0 Å². The molecule has 0 aliphatic heterocycles. The van der Waals surface area contributed by atoms with Crippen molar-refractivity contribution in [2.24, 2.45) is 0 Å². The second-order valence-corrected chi connectivity index (χ2v) is 12.4. The fraction of sp³-hybridized carbons (Fsp3) is 0.298. The number of nitrogens with zero attached hydrogens (tertiary/aromatic N) is 5. The maximum atomic E-state index is 10.4. The van der Waals surface area contributed by atoms with Gasteiger partial charge < -0.3 is 4.98 Å². The van der Waals surface area contributed by atoms with E-state index < -0.39 is 0 Å². The Morgan fingerprint density at radius 2 is 1.30 bits per heavy atom. The molecule has 1 aliphatic rings. The van der Waals surface area contributed by atoms with Gasteiger partial charge in [0.05, 0.1) is 22.6 Å². The number of aromatic nitrogens is 6. The Bertz CT molecular complexity index is 2090. The molecule has 4 heterocycles. The molecule has 0 radical (unpaired) electrons. The monoisotopic (exact) mass is 731 g/mol. The molecule has 1 aliphatic carbocycles. The van der Waals surface area contributed by atoms with E-state index in [0.717, 1.165) is 40.4 Å². The first-order chi connectivity index (χ1) is 23.8. The van der Waals surface area contributed by atoms with E-state index in [-0.39, 0.29) is 35.3 Å². The third-order valence-corrected chi connectivity index (χ3v) is 7.86. The van der Waals surface area contributed by atoms with Crippen LogP contribution >= 0.6 is 0 Å². The summed E-state index contributed by atoms with van der Waals surface area (Å²) in [6.45, 7) is 22.5. The van der Waals surface area contributed by atoms with E-state index in [1.807, 2.05) is 114 Å². The number of para-hydroxylation sites is 2. The molecule has 1 N–H and O–H groups in total. The fourth-order valence-electron chi connectivity index (χ4n) is 5.14. The first kappa shape index (κ1) is 50.4. The molecule has 0 fully saturated rings. The lowest BCUT2D eigenvalue weighted by Gasteiger charge is -2.04. The van der Waals surface area contributed by atoms with Gasteiger partial charge in [-0.25, -0.2) is 0 Å². The smallest absolute Gasteiger partial charge is 0.248 e. The second kappa shape index (κ2) is 25.3. The van der Waals surface area contributed by atoms with Crippen LogP contribution in [0.25, 0.3) is 16.6 Å². The minimum Gasteiger partial charge on any atom is -0.327 e. The van der Waals surface area contributed by atoms with Crippen LogP contribution in [0.15, 0.2) is 149 Å². The van der Waals surface area contributed by atoms with Crippen molar-refractivity contribution in [3.05, 3.63) is 183 Å². The van der Waals surface area contributed by atoms with E-state index in [2.05, 4.69) is 71.6 Å². The predicted molar refractivity (Wildman–Crippen MR) is 236 cm³/mol. The molecule has 0 saturated heterocycles. The molecule has 0 bridgehead atoms. The zero-order valence-corrected chi connectivity index (χ0v) is 31.0. The number of pyridine rings is 3.